The second-order valence-corrected chi connectivity index (χ2v) is 12.4. The van der Waals surface area contributed by atoms with Crippen molar-refractivity contribution in [1.82, 2.24) is 0 Å². The fourth-order valence-electron chi connectivity index (χ4n) is 5.37. The van der Waals surface area contributed by atoms with Crippen LogP contribution >= 0.6 is 0 Å². The molecule has 1 atom stereocenters. The summed E-state index contributed by atoms with van der Waals surface area (Å²) in [6, 6.07) is 29.9. The van der Waals surface area contributed by atoms with Gasteiger partial charge in [0.25, 0.3) is 0 Å². The van der Waals surface area contributed by atoms with Crippen molar-refractivity contribution in [2.75, 3.05) is 21.3 Å². The maximum absolute atomic E-state index is 14.8. The van der Waals surface area contributed by atoms with E-state index in [1.165, 1.54) is 13.2 Å². The Morgan fingerprint density at radius 3 is 1.96 bits per heavy atom. The Morgan fingerprint density at radius 2 is 1.27 bits per heavy atom. The van der Waals surface area contributed by atoms with Crippen LogP contribution in [0.25, 0.3) is 11.1 Å². The molecule has 0 saturated heterocycles. The Balaban J connectivity index is 1.37. The van der Waals surface area contributed by atoms with E-state index in [1.54, 1.807) is 50.6 Å². The van der Waals surface area contributed by atoms with Gasteiger partial charge in [0.1, 0.15) is 17.3 Å². The number of phenols is 1. The molecule has 1 unspecified atom stereocenters. The summed E-state index contributed by atoms with van der Waals surface area (Å²) >= 11 is 0. The second-order valence-electron chi connectivity index (χ2n) is 10.9. The molecule has 232 valence electrons. The van der Waals surface area contributed by atoms with Gasteiger partial charge in [0, 0.05) is 10.5 Å². The van der Waals surface area contributed by atoms with Gasteiger partial charge >= 0.3 is 0 Å². The van der Waals surface area contributed by atoms with E-state index in [2.05, 4.69) is 18.2 Å². The molecule has 0 radical (unpaired) electrons. The number of phenolic OH excluding ortho intramolecular Hbond substituents is 1. The molecule has 5 aromatic rings. The molecular formula is C38H37FO5S. The van der Waals surface area contributed by atoms with Crippen molar-refractivity contribution in [2.24, 2.45) is 0 Å². The minimum absolute atomic E-state index is 0.131. The first-order valence-corrected chi connectivity index (χ1v) is 15.9. The Morgan fingerprint density at radius 1 is 0.644 bits per heavy atom. The van der Waals surface area contributed by atoms with Gasteiger partial charge in [-0.2, -0.15) is 0 Å². The molecule has 0 heterocycles. The van der Waals surface area contributed by atoms with Crippen molar-refractivity contribution in [3.63, 3.8) is 0 Å². The van der Waals surface area contributed by atoms with Crippen LogP contribution < -0.4 is 14.2 Å². The van der Waals surface area contributed by atoms with Gasteiger partial charge in [0.05, 0.1) is 37.0 Å². The van der Waals surface area contributed by atoms with E-state index < -0.39 is 16.6 Å². The maximum Gasteiger partial charge on any atom is 0.160 e. The average Bonchev–Trinajstić information content (AvgIpc) is 3.06. The normalized spacial score (nSPS) is 11.7. The van der Waals surface area contributed by atoms with Crippen LogP contribution in [0.1, 0.15) is 27.8 Å². The van der Waals surface area contributed by atoms with Crippen molar-refractivity contribution in [3.8, 4) is 34.1 Å². The van der Waals surface area contributed by atoms with Crippen LogP contribution in [-0.4, -0.2) is 30.6 Å². The molecule has 0 aliphatic heterocycles. The van der Waals surface area contributed by atoms with Gasteiger partial charge < -0.3 is 19.3 Å². The lowest BCUT2D eigenvalue weighted by molar-refractivity contribution is 0.373. The van der Waals surface area contributed by atoms with Crippen molar-refractivity contribution < 1.29 is 27.9 Å². The lowest BCUT2D eigenvalue weighted by Crippen LogP contribution is -2.01. The molecule has 5 aromatic carbocycles. The van der Waals surface area contributed by atoms with Crippen molar-refractivity contribution in [1.29, 1.82) is 0 Å². The molecule has 5 rings (SSSR count). The van der Waals surface area contributed by atoms with E-state index in [4.69, 9.17) is 14.2 Å². The van der Waals surface area contributed by atoms with Crippen LogP contribution in [0.5, 0.6) is 23.0 Å². The minimum atomic E-state index is -1.62. The average molecular weight is 625 g/mol. The zero-order valence-electron chi connectivity index (χ0n) is 25.9. The van der Waals surface area contributed by atoms with E-state index in [9.17, 15) is 13.7 Å². The number of rotatable bonds is 12. The number of aromatic hydroxyl groups is 1. The van der Waals surface area contributed by atoms with Crippen LogP contribution in [0.4, 0.5) is 4.39 Å². The van der Waals surface area contributed by atoms with Crippen LogP contribution in [0.15, 0.2) is 107 Å². The summed E-state index contributed by atoms with van der Waals surface area (Å²) in [6.07, 6.45) is 2.80. The quantitative estimate of drug-likeness (QED) is 0.151. The van der Waals surface area contributed by atoms with Crippen molar-refractivity contribution >= 4 is 10.8 Å². The molecular weight excluding hydrogens is 587 g/mol. The van der Waals surface area contributed by atoms with Crippen LogP contribution in [-0.2, 0) is 36.5 Å². The largest absolute Gasteiger partial charge is 0.504 e. The van der Waals surface area contributed by atoms with E-state index >= 15 is 0 Å². The van der Waals surface area contributed by atoms with Gasteiger partial charge in [0.2, 0.25) is 0 Å². The first-order valence-electron chi connectivity index (χ1n) is 14.8. The van der Waals surface area contributed by atoms with Gasteiger partial charge in [-0.3, -0.25) is 0 Å². The Labute approximate surface area is 266 Å². The Kier molecular flexibility index (Phi) is 10.2. The third kappa shape index (κ3) is 7.55. The summed E-state index contributed by atoms with van der Waals surface area (Å²) in [7, 11) is 3.23. The van der Waals surface area contributed by atoms with Crippen LogP contribution in [0.2, 0.25) is 0 Å². The zero-order valence-corrected chi connectivity index (χ0v) is 26.7. The molecule has 0 spiro atoms. The Bertz CT molecular complexity index is 1820. The first kappa shape index (κ1) is 31.8. The molecule has 0 aliphatic rings. The summed E-state index contributed by atoms with van der Waals surface area (Å²) in [6.45, 7) is 1.96. The van der Waals surface area contributed by atoms with E-state index in [-0.39, 0.29) is 10.6 Å². The molecule has 0 aliphatic carbocycles. The number of hydrogen-bond acceptors (Lipinski definition) is 5. The summed E-state index contributed by atoms with van der Waals surface area (Å²) in [5.41, 5.74) is 7.11. The predicted molar refractivity (Wildman–Crippen MR) is 177 cm³/mol. The molecule has 0 bridgehead atoms. The highest BCUT2D eigenvalue weighted by Crippen LogP contribution is 2.36. The van der Waals surface area contributed by atoms with Crippen molar-refractivity contribution in [3.05, 3.63) is 131 Å². The third-order valence-electron chi connectivity index (χ3n) is 7.93. The lowest BCUT2D eigenvalue weighted by Gasteiger charge is -2.16. The number of methoxy groups -OCH3 is 3. The second kappa shape index (κ2) is 14.4. The fraction of sp³-hybridized carbons (Fsp3) is 0.211. The smallest absolute Gasteiger partial charge is 0.160 e. The topological polar surface area (TPSA) is 65.0 Å². The molecule has 0 saturated carbocycles. The number of ether oxygens (including phenoxy) is 3. The molecule has 45 heavy (non-hydrogen) atoms. The zero-order chi connectivity index (χ0) is 31.9. The summed E-state index contributed by atoms with van der Waals surface area (Å²) < 4.78 is 44.6. The summed E-state index contributed by atoms with van der Waals surface area (Å²) in [4.78, 5) is 0.758. The van der Waals surface area contributed by atoms with Gasteiger partial charge in [-0.1, -0.05) is 48.0 Å². The highest BCUT2D eigenvalue weighted by atomic mass is 32.2. The summed E-state index contributed by atoms with van der Waals surface area (Å²) in [5, 5.41) is 10.1. The van der Waals surface area contributed by atoms with Gasteiger partial charge in [-0.15, -0.1) is 0 Å². The lowest BCUT2D eigenvalue weighted by atomic mass is 9.93. The van der Waals surface area contributed by atoms with Gasteiger partial charge in [0.15, 0.2) is 11.5 Å². The highest BCUT2D eigenvalue weighted by Gasteiger charge is 2.16. The van der Waals surface area contributed by atoms with E-state index in [0.717, 1.165) is 63.3 Å². The van der Waals surface area contributed by atoms with Crippen molar-refractivity contribution in [2.45, 2.75) is 42.4 Å². The fourth-order valence-corrected chi connectivity index (χ4v) is 6.51. The molecule has 0 amide bonds. The molecule has 5 nitrogen and oxygen atoms in total. The summed E-state index contributed by atoms with van der Waals surface area (Å²) in [5.74, 6) is 1.61. The van der Waals surface area contributed by atoms with E-state index in [0.29, 0.717) is 23.5 Å². The number of benzene rings is 5. The number of halogens is 1. The molecule has 7 heteroatoms. The van der Waals surface area contributed by atoms with Gasteiger partial charge in [-0.05, 0) is 115 Å². The van der Waals surface area contributed by atoms with E-state index in [1.807, 2.05) is 43.3 Å². The maximum atomic E-state index is 14.8. The number of aryl methyl sites for hydroxylation is 5. The number of hydrogen-bond donors (Lipinski definition) is 1. The highest BCUT2D eigenvalue weighted by molar-refractivity contribution is 7.85. The molecule has 1 N–H and O–H groups in total. The predicted octanol–water partition coefficient (Wildman–Crippen LogP) is 8.27. The first-order chi connectivity index (χ1) is 21.8. The molecule has 0 aromatic heterocycles. The SMILES string of the molecule is COc1ccc(-c2ccc(CCc3ccc(OC)c(O)c3)cc2OC)c(CCc2ccc(F)c(S(=O)c3ccc(C)cc3)c2)c1. The van der Waals surface area contributed by atoms with Gasteiger partial charge in [-0.25, -0.2) is 8.60 Å². The molecule has 0 fully saturated rings. The third-order valence-corrected chi connectivity index (χ3v) is 9.34. The standard InChI is InChI=1S/C38H37FO5S/c1-25-5-15-31(16-6-25)45(41)38-23-28(11-19-34(38)39)9-13-29-24-30(42-2)14-18-32(29)33-17-10-27(22-37(33)44-4)8-7-26-12-20-36(43-3)35(40)21-26/h5-6,10-12,14-24,40H,7-9,13H2,1-4H3. The minimum Gasteiger partial charge on any atom is -0.504 e. The monoisotopic (exact) mass is 624 g/mol. The Hall–Kier alpha value is -4.62. The van der Waals surface area contributed by atoms with Crippen LogP contribution in [0.3, 0.4) is 0 Å². The van der Waals surface area contributed by atoms with Crippen LogP contribution in [0, 0.1) is 12.7 Å².